The summed E-state index contributed by atoms with van der Waals surface area (Å²) in [6.07, 6.45) is 5.90. The summed E-state index contributed by atoms with van der Waals surface area (Å²) in [6, 6.07) is 8.25. The maximum atomic E-state index is 6.19. The third kappa shape index (κ3) is 4.16. The number of benzene rings is 1. The molecule has 6 heteroatoms. The monoisotopic (exact) mass is 366 g/mol. The lowest BCUT2D eigenvalue weighted by molar-refractivity contribution is 0.530. The first-order valence-electron chi connectivity index (χ1n) is 10.1. The molecule has 0 spiro atoms. The van der Waals surface area contributed by atoms with E-state index >= 15 is 0 Å². The molecule has 4 rings (SSSR count). The summed E-state index contributed by atoms with van der Waals surface area (Å²) < 4.78 is 0. The molecule has 2 heterocycles. The minimum atomic E-state index is 0.547. The molecule has 144 valence electrons. The van der Waals surface area contributed by atoms with Gasteiger partial charge in [-0.15, -0.1) is 0 Å². The summed E-state index contributed by atoms with van der Waals surface area (Å²) in [5.41, 5.74) is 15.4. The highest BCUT2D eigenvalue weighted by Gasteiger charge is 2.27. The van der Waals surface area contributed by atoms with Crippen LogP contribution in [0.3, 0.4) is 0 Å². The Kier molecular flexibility index (Phi) is 5.16. The van der Waals surface area contributed by atoms with Crippen molar-refractivity contribution in [2.75, 3.05) is 36.0 Å². The van der Waals surface area contributed by atoms with E-state index in [4.69, 9.17) is 21.4 Å². The topological polar surface area (TPSA) is 93.1 Å². The fourth-order valence-corrected chi connectivity index (χ4v) is 3.78. The Morgan fingerprint density at radius 3 is 2.63 bits per heavy atom. The largest absolute Gasteiger partial charge is 0.398 e. The van der Waals surface area contributed by atoms with Crippen LogP contribution in [0.2, 0.25) is 0 Å². The molecule has 1 aliphatic heterocycles. The number of aromatic nitrogens is 2. The molecular formula is C21H30N6. The van der Waals surface area contributed by atoms with E-state index in [9.17, 15) is 0 Å². The number of nitrogens with one attached hydrogen (secondary N) is 1. The van der Waals surface area contributed by atoms with Crippen LogP contribution in [0.4, 0.5) is 17.2 Å². The maximum absolute atomic E-state index is 6.19. The standard InChI is InChI=1S/C21H30N6/c1-2-4-15-11-19(27-10-9-16(13-27)24-12-14-7-8-14)26-21(25-15)20-17(22)5-3-6-18(20)23/h3,5-6,11,14,16,24H,2,4,7-10,12-13,22-23H2,1H3. The van der Waals surface area contributed by atoms with Crippen molar-refractivity contribution >= 4 is 17.2 Å². The van der Waals surface area contributed by atoms with Crippen molar-refractivity contribution in [1.29, 1.82) is 0 Å². The van der Waals surface area contributed by atoms with Crippen molar-refractivity contribution in [3.8, 4) is 11.4 Å². The van der Waals surface area contributed by atoms with Gasteiger partial charge >= 0.3 is 0 Å². The van der Waals surface area contributed by atoms with E-state index < -0.39 is 0 Å². The van der Waals surface area contributed by atoms with Crippen molar-refractivity contribution in [2.24, 2.45) is 5.92 Å². The van der Waals surface area contributed by atoms with Gasteiger partial charge in [0.15, 0.2) is 5.82 Å². The number of aryl methyl sites for hydroxylation is 1. The Hall–Kier alpha value is -2.34. The molecule has 0 radical (unpaired) electrons. The van der Waals surface area contributed by atoms with E-state index in [-0.39, 0.29) is 0 Å². The second kappa shape index (κ2) is 7.72. The zero-order valence-corrected chi connectivity index (χ0v) is 16.1. The zero-order chi connectivity index (χ0) is 18.8. The van der Waals surface area contributed by atoms with Gasteiger partial charge < -0.3 is 21.7 Å². The van der Waals surface area contributed by atoms with Crippen molar-refractivity contribution in [2.45, 2.75) is 45.1 Å². The molecule has 1 unspecified atom stereocenters. The van der Waals surface area contributed by atoms with Gasteiger partial charge in [0.25, 0.3) is 0 Å². The number of nitrogen functional groups attached to an aromatic ring is 2. The Bertz CT molecular complexity index is 781. The molecule has 5 N–H and O–H groups in total. The van der Waals surface area contributed by atoms with E-state index in [0.29, 0.717) is 23.2 Å². The molecule has 0 amide bonds. The van der Waals surface area contributed by atoms with Crippen molar-refractivity contribution < 1.29 is 0 Å². The zero-order valence-electron chi connectivity index (χ0n) is 16.1. The van der Waals surface area contributed by atoms with Crippen molar-refractivity contribution in [3.05, 3.63) is 30.0 Å². The molecule has 2 aliphatic rings. The van der Waals surface area contributed by atoms with E-state index in [0.717, 1.165) is 61.9 Å². The van der Waals surface area contributed by atoms with Gasteiger partial charge in [-0.3, -0.25) is 0 Å². The van der Waals surface area contributed by atoms with Crippen LogP contribution in [-0.4, -0.2) is 35.6 Å². The minimum absolute atomic E-state index is 0.547. The SMILES string of the molecule is CCCc1cc(N2CCC(NCC3CC3)C2)nc(-c2c(N)cccc2N)n1. The summed E-state index contributed by atoms with van der Waals surface area (Å²) in [4.78, 5) is 12.0. The molecule has 1 aromatic carbocycles. The van der Waals surface area contributed by atoms with Crippen LogP contribution in [0.15, 0.2) is 24.3 Å². The van der Waals surface area contributed by atoms with Crippen molar-refractivity contribution in [1.82, 2.24) is 15.3 Å². The quantitative estimate of drug-likeness (QED) is 0.653. The average molecular weight is 367 g/mol. The fourth-order valence-electron chi connectivity index (χ4n) is 3.78. The number of rotatable bonds is 7. The van der Waals surface area contributed by atoms with Crippen LogP contribution in [0, 0.1) is 5.92 Å². The molecule has 6 nitrogen and oxygen atoms in total. The van der Waals surface area contributed by atoms with Gasteiger partial charge in [0.2, 0.25) is 0 Å². The average Bonchev–Trinajstić information content (AvgIpc) is 3.36. The summed E-state index contributed by atoms with van der Waals surface area (Å²) in [6.45, 7) is 5.34. The molecule has 1 saturated carbocycles. The van der Waals surface area contributed by atoms with Crippen LogP contribution in [0.5, 0.6) is 0 Å². The number of anilines is 3. The highest BCUT2D eigenvalue weighted by molar-refractivity contribution is 5.83. The first-order chi connectivity index (χ1) is 13.1. The third-order valence-electron chi connectivity index (χ3n) is 5.53. The van der Waals surface area contributed by atoms with Crippen LogP contribution < -0.4 is 21.7 Å². The molecule has 2 aromatic rings. The van der Waals surface area contributed by atoms with Gasteiger partial charge in [0, 0.05) is 42.3 Å². The van der Waals surface area contributed by atoms with E-state index in [1.807, 2.05) is 18.2 Å². The minimum Gasteiger partial charge on any atom is -0.398 e. The smallest absolute Gasteiger partial charge is 0.165 e. The Balaban J connectivity index is 1.59. The lowest BCUT2D eigenvalue weighted by Crippen LogP contribution is -2.34. The highest BCUT2D eigenvalue weighted by Crippen LogP contribution is 2.32. The van der Waals surface area contributed by atoms with E-state index in [1.165, 1.54) is 12.8 Å². The summed E-state index contributed by atoms with van der Waals surface area (Å²) >= 11 is 0. The summed E-state index contributed by atoms with van der Waals surface area (Å²) in [5, 5.41) is 3.72. The fraction of sp³-hybridized carbons (Fsp3) is 0.524. The summed E-state index contributed by atoms with van der Waals surface area (Å²) in [7, 11) is 0. The van der Waals surface area contributed by atoms with E-state index in [1.54, 1.807) is 0 Å². The number of nitrogens with two attached hydrogens (primary N) is 2. The first-order valence-corrected chi connectivity index (χ1v) is 10.1. The van der Waals surface area contributed by atoms with Gasteiger partial charge in [-0.1, -0.05) is 19.4 Å². The molecule has 1 saturated heterocycles. The lowest BCUT2D eigenvalue weighted by atomic mass is 10.1. The molecule has 2 fully saturated rings. The van der Waals surface area contributed by atoms with Gasteiger partial charge in [-0.2, -0.15) is 0 Å². The second-order valence-corrected chi connectivity index (χ2v) is 7.89. The first kappa shape index (κ1) is 18.0. The molecule has 0 bridgehead atoms. The number of nitrogens with zero attached hydrogens (tertiary/aromatic N) is 3. The molecule has 1 atom stereocenters. The number of hydrogen-bond acceptors (Lipinski definition) is 6. The van der Waals surface area contributed by atoms with Gasteiger partial charge in [-0.25, -0.2) is 9.97 Å². The Labute approximate surface area is 161 Å². The lowest BCUT2D eigenvalue weighted by Gasteiger charge is -2.20. The van der Waals surface area contributed by atoms with E-state index in [2.05, 4.69) is 23.2 Å². The van der Waals surface area contributed by atoms with Crippen molar-refractivity contribution in [3.63, 3.8) is 0 Å². The van der Waals surface area contributed by atoms with Gasteiger partial charge in [0.05, 0.1) is 5.56 Å². The second-order valence-electron chi connectivity index (χ2n) is 7.89. The molecule has 1 aromatic heterocycles. The summed E-state index contributed by atoms with van der Waals surface area (Å²) in [5.74, 6) is 2.53. The normalized spacial score (nSPS) is 19.6. The van der Waals surface area contributed by atoms with Crippen LogP contribution in [0.25, 0.3) is 11.4 Å². The van der Waals surface area contributed by atoms with Crippen LogP contribution >= 0.6 is 0 Å². The Morgan fingerprint density at radius 1 is 1.15 bits per heavy atom. The van der Waals surface area contributed by atoms with Crippen LogP contribution in [-0.2, 0) is 6.42 Å². The predicted molar refractivity (Wildman–Crippen MR) is 112 cm³/mol. The van der Waals surface area contributed by atoms with Gasteiger partial charge in [-0.05, 0) is 50.3 Å². The number of hydrogen-bond donors (Lipinski definition) is 3. The highest BCUT2D eigenvalue weighted by atomic mass is 15.2. The van der Waals surface area contributed by atoms with Crippen LogP contribution in [0.1, 0.15) is 38.3 Å². The molecule has 1 aliphatic carbocycles. The third-order valence-corrected chi connectivity index (χ3v) is 5.53. The molecule has 27 heavy (non-hydrogen) atoms. The van der Waals surface area contributed by atoms with Gasteiger partial charge in [0.1, 0.15) is 5.82 Å². The maximum Gasteiger partial charge on any atom is 0.165 e. The molecular weight excluding hydrogens is 336 g/mol. The Morgan fingerprint density at radius 2 is 1.93 bits per heavy atom. The predicted octanol–water partition coefficient (Wildman–Crippen LogP) is 2.84.